The van der Waals surface area contributed by atoms with Crippen LogP contribution in [-0.4, -0.2) is 18.0 Å². The lowest BCUT2D eigenvalue weighted by molar-refractivity contribution is 0.487. The van der Waals surface area contributed by atoms with E-state index in [1.165, 1.54) is 27.8 Å². The molecule has 0 amide bonds. The van der Waals surface area contributed by atoms with Crippen LogP contribution in [0.1, 0.15) is 42.5 Å². The SMILES string of the molecule is C[C@H](c1cccc2c1CCCC2)n1c(=O)oc2cc(S(=O)(=O)Nc3cccc(F)n3)c(F)cc21.Cl. The maximum Gasteiger partial charge on any atom is 0.420 e. The predicted molar refractivity (Wildman–Crippen MR) is 130 cm³/mol. The summed E-state index contributed by atoms with van der Waals surface area (Å²) in [5, 5.41) is 0. The molecule has 0 spiro atoms. The Balaban J connectivity index is 0.00000289. The average molecular weight is 522 g/mol. The van der Waals surface area contributed by atoms with E-state index in [1.807, 2.05) is 23.8 Å². The van der Waals surface area contributed by atoms with Crippen LogP contribution in [0.15, 0.2) is 62.6 Å². The van der Waals surface area contributed by atoms with Crippen molar-refractivity contribution < 1.29 is 21.6 Å². The van der Waals surface area contributed by atoms with E-state index < -0.39 is 38.5 Å². The van der Waals surface area contributed by atoms with Crippen molar-refractivity contribution in [3.05, 3.63) is 87.5 Å². The van der Waals surface area contributed by atoms with Crippen molar-refractivity contribution in [1.29, 1.82) is 0 Å². The Labute approximate surface area is 206 Å². The fourth-order valence-electron chi connectivity index (χ4n) is 4.61. The van der Waals surface area contributed by atoms with E-state index in [4.69, 9.17) is 4.42 Å². The Morgan fingerprint density at radius 1 is 1.09 bits per heavy atom. The van der Waals surface area contributed by atoms with E-state index in [0.717, 1.165) is 49.4 Å². The molecule has 5 rings (SSSR count). The van der Waals surface area contributed by atoms with Gasteiger partial charge in [-0.1, -0.05) is 24.3 Å². The van der Waals surface area contributed by atoms with Crippen molar-refractivity contribution in [1.82, 2.24) is 9.55 Å². The van der Waals surface area contributed by atoms with Crippen LogP contribution in [-0.2, 0) is 22.9 Å². The summed E-state index contributed by atoms with van der Waals surface area (Å²) in [5.74, 6) is -2.99. The van der Waals surface area contributed by atoms with Gasteiger partial charge in [0.15, 0.2) is 5.58 Å². The lowest BCUT2D eigenvalue weighted by Gasteiger charge is -2.23. The largest absolute Gasteiger partial charge is 0.420 e. The molecule has 0 fully saturated rings. The van der Waals surface area contributed by atoms with Gasteiger partial charge in [0.25, 0.3) is 10.0 Å². The van der Waals surface area contributed by atoms with Gasteiger partial charge in [0.05, 0.1) is 11.6 Å². The second-order valence-corrected chi connectivity index (χ2v) is 9.96. The number of hydrogen-bond acceptors (Lipinski definition) is 5. The first-order valence-corrected chi connectivity index (χ1v) is 12.3. The number of nitrogens with zero attached hydrogens (tertiary/aromatic N) is 2. The molecule has 0 aliphatic heterocycles. The minimum atomic E-state index is -4.47. The van der Waals surface area contributed by atoms with Gasteiger partial charge in [0.2, 0.25) is 5.95 Å². The fourth-order valence-corrected chi connectivity index (χ4v) is 5.68. The number of pyridine rings is 1. The van der Waals surface area contributed by atoms with Gasteiger partial charge in [-0.15, -0.1) is 12.4 Å². The normalized spacial score (nSPS) is 14.3. The second kappa shape index (κ2) is 9.43. The summed E-state index contributed by atoms with van der Waals surface area (Å²) in [5.41, 5.74) is 3.46. The highest BCUT2D eigenvalue weighted by Crippen LogP contribution is 2.32. The predicted octanol–water partition coefficient (Wildman–Crippen LogP) is 4.98. The molecule has 11 heteroatoms. The van der Waals surface area contributed by atoms with E-state index in [-0.39, 0.29) is 29.3 Å². The Morgan fingerprint density at radius 3 is 2.60 bits per heavy atom. The topological polar surface area (TPSA) is 94.2 Å². The van der Waals surface area contributed by atoms with Crippen molar-refractivity contribution in [3.8, 4) is 0 Å². The minimum absolute atomic E-state index is 0. The van der Waals surface area contributed by atoms with Gasteiger partial charge in [0, 0.05) is 12.1 Å². The molecule has 1 aliphatic carbocycles. The zero-order chi connectivity index (χ0) is 24.0. The van der Waals surface area contributed by atoms with Crippen molar-refractivity contribution in [2.24, 2.45) is 0 Å². The number of aryl methyl sites for hydroxylation is 1. The van der Waals surface area contributed by atoms with Gasteiger partial charge >= 0.3 is 5.76 Å². The van der Waals surface area contributed by atoms with E-state index >= 15 is 4.39 Å². The summed E-state index contributed by atoms with van der Waals surface area (Å²) >= 11 is 0. The summed E-state index contributed by atoms with van der Waals surface area (Å²) in [6, 6.07) is 11.0. The van der Waals surface area contributed by atoms with Gasteiger partial charge in [-0.3, -0.25) is 9.29 Å². The molecular formula is C24H22ClF2N3O4S. The summed E-state index contributed by atoms with van der Waals surface area (Å²) in [7, 11) is -4.47. The molecule has 0 unspecified atom stereocenters. The van der Waals surface area contributed by atoms with Gasteiger partial charge in [0.1, 0.15) is 16.5 Å². The summed E-state index contributed by atoms with van der Waals surface area (Å²) in [6.07, 6.45) is 4.04. The molecule has 4 aromatic rings. The van der Waals surface area contributed by atoms with Crippen LogP contribution < -0.4 is 10.5 Å². The zero-order valence-corrected chi connectivity index (χ0v) is 20.3. The minimum Gasteiger partial charge on any atom is -0.408 e. The second-order valence-electron chi connectivity index (χ2n) is 8.31. The number of halogens is 3. The Bertz CT molecular complexity index is 1580. The molecule has 0 radical (unpaired) electrons. The van der Waals surface area contributed by atoms with E-state index in [0.29, 0.717) is 0 Å². The lowest BCUT2D eigenvalue weighted by atomic mass is 9.86. The molecule has 7 nitrogen and oxygen atoms in total. The fraction of sp³-hybridized carbons (Fsp3) is 0.250. The van der Waals surface area contributed by atoms with Crippen LogP contribution in [0.2, 0.25) is 0 Å². The quantitative estimate of drug-likeness (QED) is 0.374. The molecule has 2 aromatic heterocycles. The number of rotatable bonds is 5. The Hall–Kier alpha value is -3.24. The molecule has 0 bridgehead atoms. The monoisotopic (exact) mass is 521 g/mol. The van der Waals surface area contributed by atoms with Crippen LogP contribution >= 0.6 is 12.4 Å². The van der Waals surface area contributed by atoms with Gasteiger partial charge < -0.3 is 4.42 Å². The molecule has 1 atom stereocenters. The van der Waals surface area contributed by atoms with Crippen molar-refractivity contribution in [3.63, 3.8) is 0 Å². The van der Waals surface area contributed by atoms with Crippen molar-refractivity contribution in [2.45, 2.75) is 43.5 Å². The Morgan fingerprint density at radius 2 is 1.83 bits per heavy atom. The van der Waals surface area contributed by atoms with Crippen LogP contribution in [0.4, 0.5) is 14.6 Å². The third kappa shape index (κ3) is 4.55. The zero-order valence-electron chi connectivity index (χ0n) is 18.6. The summed E-state index contributed by atoms with van der Waals surface area (Å²) in [6.45, 7) is 1.83. The highest BCUT2D eigenvalue weighted by atomic mass is 35.5. The number of benzene rings is 2. The van der Waals surface area contributed by atoms with Crippen LogP contribution in [0.3, 0.4) is 0 Å². The molecule has 0 saturated heterocycles. The first-order chi connectivity index (χ1) is 16.2. The number of anilines is 1. The Kier molecular flexibility index (Phi) is 6.70. The third-order valence-corrected chi connectivity index (χ3v) is 7.55. The molecule has 184 valence electrons. The molecule has 35 heavy (non-hydrogen) atoms. The molecular weight excluding hydrogens is 500 g/mol. The van der Waals surface area contributed by atoms with E-state index in [1.54, 1.807) is 0 Å². The van der Waals surface area contributed by atoms with Crippen molar-refractivity contribution >= 4 is 39.3 Å². The third-order valence-electron chi connectivity index (χ3n) is 6.18. The van der Waals surface area contributed by atoms with Gasteiger partial charge in [-0.25, -0.2) is 22.6 Å². The molecule has 1 aliphatic rings. The summed E-state index contributed by atoms with van der Waals surface area (Å²) in [4.78, 5) is 15.5. The maximum atomic E-state index is 15.1. The van der Waals surface area contributed by atoms with Gasteiger partial charge in [-0.2, -0.15) is 4.39 Å². The maximum absolute atomic E-state index is 15.1. The van der Waals surface area contributed by atoms with Crippen LogP contribution in [0.25, 0.3) is 11.1 Å². The smallest absolute Gasteiger partial charge is 0.408 e. The molecule has 1 N–H and O–H groups in total. The number of oxazole rings is 1. The summed E-state index contributed by atoms with van der Waals surface area (Å²) < 4.78 is 62.6. The van der Waals surface area contributed by atoms with E-state index in [9.17, 15) is 17.6 Å². The number of sulfonamides is 1. The molecule has 0 saturated carbocycles. The van der Waals surface area contributed by atoms with Gasteiger partial charge in [-0.05, 0) is 61.4 Å². The number of hydrogen-bond donors (Lipinski definition) is 1. The number of nitrogens with one attached hydrogen (secondary N) is 1. The average Bonchev–Trinajstić information content (AvgIpc) is 3.12. The highest BCUT2D eigenvalue weighted by molar-refractivity contribution is 7.92. The highest BCUT2D eigenvalue weighted by Gasteiger charge is 2.26. The lowest BCUT2D eigenvalue weighted by Crippen LogP contribution is -2.21. The van der Waals surface area contributed by atoms with E-state index in [2.05, 4.69) is 11.1 Å². The number of aromatic nitrogens is 2. The van der Waals surface area contributed by atoms with Crippen LogP contribution in [0.5, 0.6) is 0 Å². The first kappa shape index (κ1) is 24.9. The molecule has 2 heterocycles. The standard InChI is InChI=1S/C24H21F2N3O4S.ClH/c1-14(16-9-4-7-15-6-2-3-8-17(15)16)29-19-12-18(25)21(13-20(19)33-24(29)30)34(31,32)28-23-11-5-10-22(26)27-23;/h4-5,7,9-14H,2-3,6,8H2,1H3,(H,27,28);1H/t14-;/m1./s1. The van der Waals surface area contributed by atoms with Crippen LogP contribution in [0, 0.1) is 11.8 Å². The molecule has 2 aromatic carbocycles. The first-order valence-electron chi connectivity index (χ1n) is 10.9. The van der Waals surface area contributed by atoms with Crippen molar-refractivity contribution in [2.75, 3.05) is 4.72 Å². The number of fused-ring (bicyclic) bond motifs is 2.